The van der Waals surface area contributed by atoms with E-state index in [4.69, 9.17) is 5.11 Å². The molecule has 174 valence electrons. The number of hydrogen-bond acceptors (Lipinski definition) is 4. The zero-order valence-corrected chi connectivity index (χ0v) is 18.8. The van der Waals surface area contributed by atoms with Gasteiger partial charge in [0.1, 0.15) is 11.6 Å². The number of nitrogens with zero attached hydrogens (tertiary/aromatic N) is 1. The molecule has 0 bridgehead atoms. The summed E-state index contributed by atoms with van der Waals surface area (Å²) in [4.78, 5) is 38.1. The highest BCUT2D eigenvalue weighted by Gasteiger charge is 2.45. The van der Waals surface area contributed by atoms with Gasteiger partial charge in [0, 0.05) is 18.5 Å². The summed E-state index contributed by atoms with van der Waals surface area (Å²) in [5.41, 5.74) is 2.00. The minimum absolute atomic E-state index is 0.0329. The summed E-state index contributed by atoms with van der Waals surface area (Å²) in [6.45, 7) is 4.38. The lowest BCUT2D eigenvalue weighted by Gasteiger charge is -2.25. The summed E-state index contributed by atoms with van der Waals surface area (Å²) in [7, 11) is 0. The summed E-state index contributed by atoms with van der Waals surface area (Å²) in [5, 5.41) is 19.8. The van der Waals surface area contributed by atoms with Gasteiger partial charge in [0.15, 0.2) is 0 Å². The number of carbonyl (C=O) groups is 3. The van der Waals surface area contributed by atoms with Crippen LogP contribution in [0.25, 0.3) is 5.76 Å². The van der Waals surface area contributed by atoms with Crippen LogP contribution in [0.2, 0.25) is 0 Å². The molecule has 0 radical (unpaired) electrons. The highest BCUT2D eigenvalue weighted by Crippen LogP contribution is 2.40. The zero-order valence-electron chi connectivity index (χ0n) is 18.8. The molecular formula is C26H28FNO5. The van der Waals surface area contributed by atoms with Crippen molar-refractivity contribution in [2.45, 2.75) is 51.5 Å². The lowest BCUT2D eigenvalue weighted by Crippen LogP contribution is -2.30. The van der Waals surface area contributed by atoms with Crippen LogP contribution in [0.1, 0.15) is 68.2 Å². The van der Waals surface area contributed by atoms with Gasteiger partial charge < -0.3 is 15.1 Å². The number of unbranched alkanes of at least 4 members (excludes halogenated alkanes) is 2. The molecule has 0 spiro atoms. The molecule has 1 atom stereocenters. The summed E-state index contributed by atoms with van der Waals surface area (Å²) in [5.74, 6) is -2.90. The first-order valence-corrected chi connectivity index (χ1v) is 11.1. The predicted molar refractivity (Wildman–Crippen MR) is 122 cm³/mol. The molecule has 1 saturated heterocycles. The number of aliphatic hydroxyl groups is 1. The molecule has 1 heterocycles. The molecule has 1 aliphatic heterocycles. The fourth-order valence-corrected chi connectivity index (χ4v) is 4.02. The van der Waals surface area contributed by atoms with Crippen molar-refractivity contribution in [1.82, 2.24) is 4.90 Å². The van der Waals surface area contributed by atoms with Crippen LogP contribution in [0.4, 0.5) is 4.39 Å². The molecule has 0 saturated carbocycles. The first kappa shape index (κ1) is 24.2. The van der Waals surface area contributed by atoms with Crippen LogP contribution in [0.3, 0.4) is 0 Å². The first-order valence-electron chi connectivity index (χ1n) is 11.1. The Balaban J connectivity index is 1.98. The molecule has 2 aromatic carbocycles. The van der Waals surface area contributed by atoms with Crippen LogP contribution in [0.5, 0.6) is 0 Å². The minimum atomic E-state index is -0.875. The van der Waals surface area contributed by atoms with Gasteiger partial charge in [-0.25, -0.2) is 4.39 Å². The molecule has 1 fully saturated rings. The van der Waals surface area contributed by atoms with Crippen molar-refractivity contribution in [2.75, 3.05) is 6.54 Å². The number of Topliss-reactive ketones (excluding diaryl/α,β-unsaturated/α-hetero) is 1. The van der Waals surface area contributed by atoms with E-state index in [0.717, 1.165) is 5.56 Å². The second kappa shape index (κ2) is 10.4. The van der Waals surface area contributed by atoms with Crippen LogP contribution in [-0.2, 0) is 14.4 Å². The third-order valence-electron chi connectivity index (χ3n) is 5.87. The molecule has 33 heavy (non-hydrogen) atoms. The second-order valence-corrected chi connectivity index (χ2v) is 8.53. The molecule has 3 rings (SSSR count). The van der Waals surface area contributed by atoms with Crippen LogP contribution in [0.15, 0.2) is 54.1 Å². The maximum atomic E-state index is 13.4. The van der Waals surface area contributed by atoms with E-state index in [-0.39, 0.29) is 29.9 Å². The number of carbonyl (C=O) groups excluding carboxylic acids is 2. The van der Waals surface area contributed by atoms with E-state index < -0.39 is 29.5 Å². The Bertz CT molecular complexity index is 1060. The van der Waals surface area contributed by atoms with E-state index in [1.165, 1.54) is 29.2 Å². The topological polar surface area (TPSA) is 94.9 Å². The molecule has 0 unspecified atom stereocenters. The first-order chi connectivity index (χ1) is 15.7. The summed E-state index contributed by atoms with van der Waals surface area (Å²) >= 11 is 0. The fourth-order valence-electron chi connectivity index (χ4n) is 4.02. The van der Waals surface area contributed by atoms with E-state index in [1.807, 2.05) is 24.3 Å². The number of carboxylic acids is 1. The van der Waals surface area contributed by atoms with E-state index in [1.54, 1.807) is 0 Å². The second-order valence-electron chi connectivity index (χ2n) is 8.53. The normalized spacial score (nSPS) is 17.7. The number of ketones is 1. The average Bonchev–Trinajstić information content (AvgIpc) is 3.03. The van der Waals surface area contributed by atoms with E-state index in [0.29, 0.717) is 30.7 Å². The van der Waals surface area contributed by atoms with Gasteiger partial charge in [-0.15, -0.1) is 0 Å². The average molecular weight is 454 g/mol. The van der Waals surface area contributed by atoms with Crippen molar-refractivity contribution in [3.63, 3.8) is 0 Å². The highest BCUT2D eigenvalue weighted by atomic mass is 19.1. The Labute approximate surface area is 192 Å². The highest BCUT2D eigenvalue weighted by molar-refractivity contribution is 6.46. The SMILES string of the molecule is CC(C)c1ccc([C@H]2C(=C(O)c3ccc(F)cc3)C(=O)C(=O)N2CCCCCC(=O)O)cc1. The van der Waals surface area contributed by atoms with Crippen molar-refractivity contribution >= 4 is 23.4 Å². The third-order valence-corrected chi connectivity index (χ3v) is 5.87. The van der Waals surface area contributed by atoms with Gasteiger partial charge in [-0.2, -0.15) is 0 Å². The van der Waals surface area contributed by atoms with E-state index >= 15 is 0 Å². The number of hydrogen-bond donors (Lipinski definition) is 2. The van der Waals surface area contributed by atoms with Crippen LogP contribution in [-0.4, -0.2) is 39.3 Å². The smallest absolute Gasteiger partial charge is 0.303 e. The maximum Gasteiger partial charge on any atom is 0.303 e. The number of aliphatic carboxylic acids is 1. The molecule has 1 aliphatic rings. The van der Waals surface area contributed by atoms with Gasteiger partial charge in [-0.05, 0) is 54.2 Å². The van der Waals surface area contributed by atoms with Gasteiger partial charge in [-0.1, -0.05) is 44.5 Å². The van der Waals surface area contributed by atoms with Crippen molar-refractivity contribution in [2.24, 2.45) is 0 Å². The lowest BCUT2D eigenvalue weighted by molar-refractivity contribution is -0.140. The number of carboxylic acid groups (broad SMARTS) is 1. The van der Waals surface area contributed by atoms with Crippen LogP contribution >= 0.6 is 0 Å². The molecule has 7 heteroatoms. The zero-order chi connectivity index (χ0) is 24.1. The summed E-state index contributed by atoms with van der Waals surface area (Å²) in [6.07, 6.45) is 1.63. The molecule has 6 nitrogen and oxygen atoms in total. The Morgan fingerprint density at radius 2 is 1.61 bits per heavy atom. The standard InChI is InChI=1S/C26H28FNO5/c1-16(2)17-7-9-18(10-8-17)23-22(24(31)19-11-13-20(27)14-12-19)25(32)26(33)28(23)15-5-3-4-6-21(29)30/h7-14,16,23,31H,3-6,15H2,1-2H3,(H,29,30)/t23-/m0/s1. The van der Waals surface area contributed by atoms with Crippen molar-refractivity contribution in [3.05, 3.63) is 76.6 Å². The molecule has 1 amide bonds. The van der Waals surface area contributed by atoms with E-state index in [2.05, 4.69) is 13.8 Å². The third kappa shape index (κ3) is 5.48. The predicted octanol–water partition coefficient (Wildman–Crippen LogP) is 5.02. The van der Waals surface area contributed by atoms with Crippen molar-refractivity contribution in [3.8, 4) is 0 Å². The number of aliphatic hydroxyl groups excluding tert-OH is 1. The van der Waals surface area contributed by atoms with Gasteiger partial charge in [-0.3, -0.25) is 14.4 Å². The largest absolute Gasteiger partial charge is 0.507 e. The number of amides is 1. The van der Waals surface area contributed by atoms with Crippen LogP contribution < -0.4 is 0 Å². The quantitative estimate of drug-likeness (QED) is 0.241. The lowest BCUT2D eigenvalue weighted by atomic mass is 9.93. The Morgan fingerprint density at radius 1 is 0.970 bits per heavy atom. The number of likely N-dealkylation sites (tertiary alicyclic amines) is 1. The molecular weight excluding hydrogens is 425 g/mol. The maximum absolute atomic E-state index is 13.4. The Morgan fingerprint density at radius 3 is 2.18 bits per heavy atom. The molecule has 0 aliphatic carbocycles. The summed E-state index contributed by atoms with van der Waals surface area (Å²) in [6, 6.07) is 11.9. The Hall–Kier alpha value is -3.48. The molecule has 2 aromatic rings. The minimum Gasteiger partial charge on any atom is -0.507 e. The number of benzene rings is 2. The van der Waals surface area contributed by atoms with Gasteiger partial charge in [0.25, 0.3) is 11.7 Å². The van der Waals surface area contributed by atoms with Gasteiger partial charge in [0.2, 0.25) is 0 Å². The fraction of sp³-hybridized carbons (Fsp3) is 0.346. The summed E-state index contributed by atoms with van der Waals surface area (Å²) < 4.78 is 13.4. The van der Waals surface area contributed by atoms with Gasteiger partial charge in [0.05, 0.1) is 11.6 Å². The number of rotatable bonds is 9. The van der Waals surface area contributed by atoms with Crippen LogP contribution in [0, 0.1) is 5.82 Å². The monoisotopic (exact) mass is 453 g/mol. The number of halogens is 1. The van der Waals surface area contributed by atoms with E-state index in [9.17, 15) is 23.9 Å². The molecule has 2 N–H and O–H groups in total. The Kier molecular flexibility index (Phi) is 7.63. The van der Waals surface area contributed by atoms with Crippen molar-refractivity contribution < 1.29 is 29.0 Å². The van der Waals surface area contributed by atoms with Crippen molar-refractivity contribution in [1.29, 1.82) is 0 Å². The van der Waals surface area contributed by atoms with Gasteiger partial charge >= 0.3 is 5.97 Å². The molecule has 0 aromatic heterocycles.